The van der Waals surface area contributed by atoms with Gasteiger partial charge in [0.15, 0.2) is 0 Å². The van der Waals surface area contributed by atoms with Gasteiger partial charge in [-0.1, -0.05) is 37.2 Å². The highest BCUT2D eigenvalue weighted by Gasteiger charge is 2.31. The summed E-state index contributed by atoms with van der Waals surface area (Å²) in [6.07, 6.45) is 3.83. The standard InChI is InChI=1S/C26H30N4O3/c1-15(2)22-12-21(23-16(3)29-33-25(23)28-22)24(31)27-19-10-8-17(9-11-19)13-30-14-18-6-4-5-7-20(18)26(30)32/h4-7,12,15,17,19H,8-11,13-14H2,1-3H3,(H,27,31). The third-order valence-electron chi connectivity index (χ3n) is 7.03. The van der Waals surface area contributed by atoms with E-state index in [0.29, 0.717) is 34.8 Å². The molecule has 172 valence electrons. The molecule has 1 aliphatic carbocycles. The molecule has 33 heavy (non-hydrogen) atoms. The number of fused-ring (bicyclic) bond motifs is 2. The summed E-state index contributed by atoms with van der Waals surface area (Å²) in [7, 11) is 0. The fraction of sp³-hybridized carbons (Fsp3) is 0.462. The number of carbonyl (C=O) groups excluding carboxylic acids is 2. The maximum Gasteiger partial charge on any atom is 0.259 e. The van der Waals surface area contributed by atoms with Crippen LogP contribution in [-0.2, 0) is 6.54 Å². The highest BCUT2D eigenvalue weighted by atomic mass is 16.5. The Balaban J connectivity index is 1.21. The monoisotopic (exact) mass is 446 g/mol. The quantitative estimate of drug-likeness (QED) is 0.619. The Kier molecular flexibility index (Phi) is 5.64. The molecule has 0 unspecified atom stereocenters. The molecule has 7 nitrogen and oxygen atoms in total. The maximum atomic E-state index is 13.2. The van der Waals surface area contributed by atoms with Gasteiger partial charge in [0.05, 0.1) is 16.6 Å². The van der Waals surface area contributed by atoms with E-state index in [1.54, 1.807) is 0 Å². The first kappa shape index (κ1) is 21.6. The molecule has 1 fully saturated rings. The number of amides is 2. The smallest absolute Gasteiger partial charge is 0.259 e. The molecule has 2 aliphatic rings. The molecule has 3 aromatic rings. The molecule has 0 radical (unpaired) electrons. The number of nitrogens with zero attached hydrogens (tertiary/aromatic N) is 3. The molecule has 2 aromatic heterocycles. The van der Waals surface area contributed by atoms with Crippen molar-refractivity contribution >= 4 is 22.9 Å². The molecular formula is C26H30N4O3. The second-order valence-corrected chi connectivity index (χ2v) is 9.73. The first-order valence-corrected chi connectivity index (χ1v) is 11.9. The maximum absolute atomic E-state index is 13.2. The summed E-state index contributed by atoms with van der Waals surface area (Å²) < 4.78 is 5.36. The molecular weight excluding hydrogens is 416 g/mol. The van der Waals surface area contributed by atoms with Gasteiger partial charge in [-0.25, -0.2) is 4.98 Å². The Morgan fingerprint density at radius 2 is 1.97 bits per heavy atom. The molecule has 5 rings (SSSR count). The second-order valence-electron chi connectivity index (χ2n) is 9.73. The van der Waals surface area contributed by atoms with Crippen molar-refractivity contribution < 1.29 is 14.1 Å². The van der Waals surface area contributed by atoms with Gasteiger partial charge in [-0.3, -0.25) is 9.59 Å². The average Bonchev–Trinajstić information content (AvgIpc) is 3.34. The molecule has 0 atom stereocenters. The van der Waals surface area contributed by atoms with Crippen molar-refractivity contribution in [3.8, 4) is 0 Å². The van der Waals surface area contributed by atoms with Crippen LogP contribution in [0.4, 0.5) is 0 Å². The van der Waals surface area contributed by atoms with Crippen LogP contribution in [0.5, 0.6) is 0 Å². The number of aromatic nitrogens is 2. The third-order valence-corrected chi connectivity index (χ3v) is 7.03. The lowest BCUT2D eigenvalue weighted by Gasteiger charge is -2.31. The third kappa shape index (κ3) is 4.12. The lowest BCUT2D eigenvalue weighted by Crippen LogP contribution is -2.40. The number of aryl methyl sites for hydroxylation is 1. The number of benzene rings is 1. The van der Waals surface area contributed by atoms with Crippen molar-refractivity contribution in [2.24, 2.45) is 5.92 Å². The zero-order valence-electron chi connectivity index (χ0n) is 19.4. The van der Waals surface area contributed by atoms with Crippen LogP contribution in [0.3, 0.4) is 0 Å². The largest absolute Gasteiger partial charge is 0.349 e. The number of carbonyl (C=O) groups is 2. The minimum atomic E-state index is -0.0933. The number of rotatable bonds is 5. The van der Waals surface area contributed by atoms with Gasteiger partial charge in [0.2, 0.25) is 0 Å². The number of hydrogen-bond donors (Lipinski definition) is 1. The Morgan fingerprint density at radius 3 is 2.70 bits per heavy atom. The fourth-order valence-corrected chi connectivity index (χ4v) is 5.11. The molecule has 1 N–H and O–H groups in total. The lowest BCUT2D eigenvalue weighted by atomic mass is 9.85. The Hall–Kier alpha value is -3.22. The van der Waals surface area contributed by atoms with Crippen molar-refractivity contribution in [3.63, 3.8) is 0 Å². The number of hydrogen-bond acceptors (Lipinski definition) is 5. The first-order valence-electron chi connectivity index (χ1n) is 11.9. The summed E-state index contributed by atoms with van der Waals surface area (Å²) in [4.78, 5) is 32.4. The number of pyridine rings is 1. The average molecular weight is 447 g/mol. The predicted octanol–water partition coefficient (Wildman–Crippen LogP) is 4.60. The summed E-state index contributed by atoms with van der Waals surface area (Å²) in [6.45, 7) is 7.42. The molecule has 1 aliphatic heterocycles. The molecule has 0 spiro atoms. The van der Waals surface area contributed by atoms with E-state index in [1.807, 2.05) is 56.0 Å². The first-order chi connectivity index (χ1) is 15.9. The Morgan fingerprint density at radius 1 is 1.21 bits per heavy atom. The molecule has 3 heterocycles. The zero-order valence-corrected chi connectivity index (χ0v) is 19.4. The summed E-state index contributed by atoms with van der Waals surface area (Å²) >= 11 is 0. The summed E-state index contributed by atoms with van der Waals surface area (Å²) in [5.74, 6) is 0.704. The van der Waals surface area contributed by atoms with Gasteiger partial charge >= 0.3 is 0 Å². The van der Waals surface area contributed by atoms with Crippen LogP contribution in [0, 0.1) is 12.8 Å². The van der Waals surface area contributed by atoms with Gasteiger partial charge in [-0.2, -0.15) is 0 Å². The van der Waals surface area contributed by atoms with Crippen LogP contribution in [0.2, 0.25) is 0 Å². The normalized spacial score (nSPS) is 20.5. The number of nitrogens with one attached hydrogen (secondary N) is 1. The van der Waals surface area contributed by atoms with E-state index in [-0.39, 0.29) is 23.8 Å². The minimum Gasteiger partial charge on any atom is -0.349 e. The lowest BCUT2D eigenvalue weighted by molar-refractivity contribution is 0.0732. The second kappa shape index (κ2) is 8.61. The SMILES string of the molecule is Cc1noc2nc(C(C)C)cc(C(=O)NC3CCC(CN4Cc5ccccc5C4=O)CC3)c12. The van der Waals surface area contributed by atoms with Crippen molar-refractivity contribution in [2.45, 2.75) is 65.0 Å². The van der Waals surface area contributed by atoms with Gasteiger partial charge in [-0.05, 0) is 62.1 Å². The van der Waals surface area contributed by atoms with Crippen LogP contribution < -0.4 is 5.32 Å². The van der Waals surface area contributed by atoms with Gasteiger partial charge in [0.25, 0.3) is 17.5 Å². The van der Waals surface area contributed by atoms with Crippen molar-refractivity contribution in [2.75, 3.05) is 6.54 Å². The van der Waals surface area contributed by atoms with Crippen LogP contribution in [0.25, 0.3) is 11.1 Å². The topological polar surface area (TPSA) is 88.3 Å². The van der Waals surface area contributed by atoms with Crippen LogP contribution >= 0.6 is 0 Å². The van der Waals surface area contributed by atoms with E-state index in [1.165, 1.54) is 0 Å². The predicted molar refractivity (Wildman–Crippen MR) is 125 cm³/mol. The summed E-state index contributed by atoms with van der Waals surface area (Å²) in [6, 6.07) is 9.88. The van der Waals surface area contributed by atoms with Crippen LogP contribution in [0.1, 0.15) is 83.1 Å². The van der Waals surface area contributed by atoms with Crippen molar-refractivity contribution in [1.29, 1.82) is 0 Å². The zero-order chi connectivity index (χ0) is 23.1. The Labute approximate surface area is 193 Å². The van der Waals surface area contributed by atoms with Crippen LogP contribution in [-0.4, -0.2) is 39.4 Å². The van der Waals surface area contributed by atoms with E-state index in [2.05, 4.69) is 15.5 Å². The molecule has 0 saturated heterocycles. The summed E-state index contributed by atoms with van der Waals surface area (Å²) in [5.41, 5.74) is 4.47. The highest BCUT2D eigenvalue weighted by molar-refractivity contribution is 6.06. The van der Waals surface area contributed by atoms with Crippen molar-refractivity contribution in [1.82, 2.24) is 20.4 Å². The van der Waals surface area contributed by atoms with E-state index >= 15 is 0 Å². The molecule has 1 saturated carbocycles. The van der Waals surface area contributed by atoms with E-state index in [0.717, 1.165) is 49.0 Å². The van der Waals surface area contributed by atoms with E-state index < -0.39 is 0 Å². The molecule has 0 bridgehead atoms. The molecule has 1 aromatic carbocycles. The van der Waals surface area contributed by atoms with Gasteiger partial charge < -0.3 is 14.7 Å². The highest BCUT2D eigenvalue weighted by Crippen LogP contribution is 2.30. The van der Waals surface area contributed by atoms with Gasteiger partial charge in [0, 0.05) is 30.4 Å². The van der Waals surface area contributed by atoms with E-state index in [9.17, 15) is 9.59 Å². The van der Waals surface area contributed by atoms with E-state index in [4.69, 9.17) is 4.52 Å². The fourth-order valence-electron chi connectivity index (χ4n) is 5.11. The molecule has 2 amide bonds. The van der Waals surface area contributed by atoms with Gasteiger partial charge in [0.1, 0.15) is 0 Å². The Bertz CT molecular complexity index is 1210. The molecule has 7 heteroatoms. The van der Waals surface area contributed by atoms with Crippen LogP contribution in [0.15, 0.2) is 34.9 Å². The van der Waals surface area contributed by atoms with Crippen molar-refractivity contribution in [3.05, 3.63) is 58.4 Å². The van der Waals surface area contributed by atoms with Gasteiger partial charge in [-0.15, -0.1) is 0 Å². The minimum absolute atomic E-state index is 0.0933. The summed E-state index contributed by atoms with van der Waals surface area (Å²) in [5, 5.41) is 7.94.